The Bertz CT molecular complexity index is 693. The maximum atomic E-state index is 10.7. The molecule has 34 heavy (non-hydrogen) atoms. The van der Waals surface area contributed by atoms with Crippen LogP contribution in [0.5, 0.6) is 0 Å². The van der Waals surface area contributed by atoms with Crippen LogP contribution < -0.4 is 5.32 Å². The molecule has 2 fully saturated rings. The van der Waals surface area contributed by atoms with Gasteiger partial charge in [0.2, 0.25) is 0 Å². The Kier molecular flexibility index (Phi) is 9.38. The van der Waals surface area contributed by atoms with Crippen molar-refractivity contribution in [2.24, 2.45) is 5.92 Å². The molecule has 1 saturated carbocycles. The van der Waals surface area contributed by atoms with Crippen LogP contribution in [0.3, 0.4) is 0 Å². The lowest BCUT2D eigenvalue weighted by Crippen LogP contribution is -2.66. The molecule has 0 aromatic heterocycles. The highest BCUT2D eigenvalue weighted by Gasteiger charge is 2.50. The van der Waals surface area contributed by atoms with Gasteiger partial charge in [-0.25, -0.2) is 0 Å². The molecule has 14 heteroatoms. The van der Waals surface area contributed by atoms with E-state index in [1.807, 2.05) is 0 Å². The molecule has 198 valence electrons. The number of ether oxygens (including phenoxy) is 2. The summed E-state index contributed by atoms with van der Waals surface area (Å²) < 4.78 is 10.9. The minimum atomic E-state index is -1.75. The number of nitrogens with one attached hydrogen (secondary N) is 1. The van der Waals surface area contributed by atoms with Crippen LogP contribution >= 0.6 is 0 Å². The van der Waals surface area contributed by atoms with E-state index >= 15 is 0 Å². The highest BCUT2D eigenvalue weighted by molar-refractivity contribution is 5.22. The van der Waals surface area contributed by atoms with Crippen LogP contribution in [0, 0.1) is 5.92 Å². The van der Waals surface area contributed by atoms with E-state index in [9.17, 15) is 56.2 Å². The Labute approximate surface area is 194 Å². The second kappa shape index (κ2) is 11.5. The summed E-state index contributed by atoms with van der Waals surface area (Å²) in [6.45, 7) is -1.80. The predicted molar refractivity (Wildman–Crippen MR) is 110 cm³/mol. The first-order chi connectivity index (χ1) is 16.0. The third kappa shape index (κ3) is 5.30. The Morgan fingerprint density at radius 2 is 1.47 bits per heavy atom. The molecule has 0 bridgehead atoms. The van der Waals surface area contributed by atoms with Crippen LogP contribution in [-0.2, 0) is 9.47 Å². The third-order valence-corrected chi connectivity index (χ3v) is 6.90. The van der Waals surface area contributed by atoms with E-state index < -0.39 is 105 Å². The summed E-state index contributed by atoms with van der Waals surface area (Å²) in [7, 11) is 0. The van der Waals surface area contributed by atoms with Crippen molar-refractivity contribution < 1.29 is 65.6 Å². The van der Waals surface area contributed by atoms with Crippen LogP contribution in [-0.4, -0.2) is 155 Å². The maximum absolute atomic E-state index is 10.7. The van der Waals surface area contributed by atoms with Crippen molar-refractivity contribution in [3.05, 3.63) is 11.6 Å². The number of hydrogen-bond acceptors (Lipinski definition) is 14. The van der Waals surface area contributed by atoms with Crippen molar-refractivity contribution in [1.29, 1.82) is 0 Å². The summed E-state index contributed by atoms with van der Waals surface area (Å²) in [4.78, 5) is 0. The monoisotopic (exact) mass is 497 g/mol. The lowest BCUT2D eigenvalue weighted by molar-refractivity contribution is -0.328. The van der Waals surface area contributed by atoms with Crippen molar-refractivity contribution in [1.82, 2.24) is 5.32 Å². The second-order valence-electron chi connectivity index (χ2n) is 9.08. The van der Waals surface area contributed by atoms with E-state index in [0.29, 0.717) is 0 Å². The fourth-order valence-corrected chi connectivity index (χ4v) is 4.77. The quantitative estimate of drug-likeness (QED) is 0.146. The minimum absolute atomic E-state index is 0.0129. The van der Waals surface area contributed by atoms with Gasteiger partial charge in [-0.05, 0) is 12.0 Å². The molecule has 2 aliphatic carbocycles. The van der Waals surface area contributed by atoms with Crippen LogP contribution in [0.1, 0.15) is 6.42 Å². The SMILES string of the molecule is OCC1=C[C@H](N[C@H]2C[C@H](CO)[C@@H](O[C@H]3O[C@H](CO)[C@@H](O)[C@H](O)[C@H]3O)[C@H](O)[C@H]2O)[C@H](O)[C@@H](O)[C@@H]1O. The Hall–Kier alpha value is -0.820. The molecule has 12 N–H and O–H groups in total. The van der Waals surface area contributed by atoms with Crippen molar-refractivity contribution in [2.45, 2.75) is 85.8 Å². The fraction of sp³-hybridized carbons (Fsp3) is 0.900. The van der Waals surface area contributed by atoms with Gasteiger partial charge in [0.05, 0.1) is 31.5 Å². The van der Waals surface area contributed by atoms with Gasteiger partial charge in [0, 0.05) is 18.6 Å². The largest absolute Gasteiger partial charge is 0.396 e. The predicted octanol–water partition coefficient (Wildman–Crippen LogP) is -6.75. The molecule has 0 radical (unpaired) electrons. The van der Waals surface area contributed by atoms with Crippen molar-refractivity contribution in [3.8, 4) is 0 Å². The molecule has 0 aromatic rings. The minimum Gasteiger partial charge on any atom is -0.396 e. The number of aliphatic hydroxyl groups is 11. The molecule has 0 spiro atoms. The number of rotatable bonds is 7. The normalized spacial score (nSPS) is 50.1. The summed E-state index contributed by atoms with van der Waals surface area (Å²) in [5.41, 5.74) is 0.0590. The van der Waals surface area contributed by atoms with Crippen molar-refractivity contribution in [2.75, 3.05) is 19.8 Å². The van der Waals surface area contributed by atoms with E-state index in [-0.39, 0.29) is 12.0 Å². The van der Waals surface area contributed by atoms with Crippen LogP contribution in [0.2, 0.25) is 0 Å². The zero-order valence-electron chi connectivity index (χ0n) is 18.2. The summed E-state index contributed by atoms with van der Waals surface area (Å²) in [5.74, 6) is -0.833. The van der Waals surface area contributed by atoms with E-state index in [1.165, 1.54) is 6.08 Å². The topological polar surface area (TPSA) is 253 Å². The summed E-state index contributed by atoms with van der Waals surface area (Å²) in [6.07, 6.45) is -15.7. The highest BCUT2D eigenvalue weighted by atomic mass is 16.7. The van der Waals surface area contributed by atoms with Gasteiger partial charge >= 0.3 is 0 Å². The number of hydrogen-bond donors (Lipinski definition) is 12. The van der Waals surface area contributed by atoms with Crippen molar-refractivity contribution in [3.63, 3.8) is 0 Å². The van der Waals surface area contributed by atoms with Gasteiger partial charge in [0.15, 0.2) is 6.29 Å². The van der Waals surface area contributed by atoms with Gasteiger partial charge < -0.3 is 71.0 Å². The molecule has 1 aliphatic heterocycles. The first kappa shape index (κ1) is 27.8. The molecule has 3 aliphatic rings. The third-order valence-electron chi connectivity index (χ3n) is 6.90. The molecule has 14 atom stereocenters. The zero-order valence-corrected chi connectivity index (χ0v) is 18.2. The van der Waals surface area contributed by atoms with Gasteiger partial charge in [0.1, 0.15) is 48.8 Å². The van der Waals surface area contributed by atoms with Crippen LogP contribution in [0.15, 0.2) is 11.6 Å². The maximum Gasteiger partial charge on any atom is 0.187 e. The molecule has 1 heterocycles. The Balaban J connectivity index is 1.73. The molecular weight excluding hydrogens is 462 g/mol. The lowest BCUT2D eigenvalue weighted by Gasteiger charge is -2.47. The standard InChI is InChI=1S/C20H35NO13/c22-3-6-1-8(12(26)15(29)11(6)25)21-9-2-7(4-23)19(17(31)13(9)27)34-20-18(32)16(30)14(28)10(5-24)33-20/h1,7-32H,2-5H2/t7-,8+,9+,10-,11-,12+,13+,14-,15+,16+,17-,18-,19-,20-/m1/s1. The molecule has 0 aromatic carbocycles. The average molecular weight is 497 g/mol. The Morgan fingerprint density at radius 3 is 2.06 bits per heavy atom. The van der Waals surface area contributed by atoms with Gasteiger partial charge in [-0.2, -0.15) is 0 Å². The van der Waals surface area contributed by atoms with Gasteiger partial charge in [0.25, 0.3) is 0 Å². The first-order valence-electron chi connectivity index (χ1n) is 11.1. The Morgan fingerprint density at radius 1 is 0.794 bits per heavy atom. The van der Waals surface area contributed by atoms with Crippen LogP contribution in [0.4, 0.5) is 0 Å². The van der Waals surface area contributed by atoms with Gasteiger partial charge in [-0.15, -0.1) is 0 Å². The zero-order chi connectivity index (χ0) is 25.3. The summed E-state index contributed by atoms with van der Waals surface area (Å²) in [5, 5.41) is 113. The van der Waals surface area contributed by atoms with E-state index in [1.54, 1.807) is 0 Å². The first-order valence-corrected chi connectivity index (χ1v) is 11.1. The van der Waals surface area contributed by atoms with E-state index in [0.717, 1.165) is 0 Å². The number of aliphatic hydroxyl groups excluding tert-OH is 11. The van der Waals surface area contributed by atoms with Crippen LogP contribution in [0.25, 0.3) is 0 Å². The molecular formula is C20H35NO13. The van der Waals surface area contributed by atoms with Gasteiger partial charge in [-0.1, -0.05) is 6.08 Å². The molecule has 0 unspecified atom stereocenters. The molecule has 1 saturated heterocycles. The lowest BCUT2D eigenvalue weighted by atomic mass is 9.78. The second-order valence-corrected chi connectivity index (χ2v) is 9.08. The van der Waals surface area contributed by atoms with E-state index in [2.05, 4.69) is 5.32 Å². The summed E-state index contributed by atoms with van der Waals surface area (Å²) in [6, 6.07) is -1.94. The van der Waals surface area contributed by atoms with E-state index in [4.69, 9.17) is 9.47 Å². The average Bonchev–Trinajstić information content (AvgIpc) is 2.83. The highest BCUT2D eigenvalue weighted by Crippen LogP contribution is 2.33. The fourth-order valence-electron chi connectivity index (χ4n) is 4.77. The molecule has 3 rings (SSSR count). The molecule has 0 amide bonds. The molecule has 14 nitrogen and oxygen atoms in total. The summed E-state index contributed by atoms with van der Waals surface area (Å²) >= 11 is 0. The van der Waals surface area contributed by atoms with Gasteiger partial charge in [-0.3, -0.25) is 0 Å². The van der Waals surface area contributed by atoms with Crippen molar-refractivity contribution >= 4 is 0 Å². The smallest absolute Gasteiger partial charge is 0.187 e.